The molecule has 0 aliphatic rings. The lowest BCUT2D eigenvalue weighted by Gasteiger charge is -2.42. The van der Waals surface area contributed by atoms with Crippen molar-refractivity contribution >= 4 is 11.7 Å². The van der Waals surface area contributed by atoms with Crippen molar-refractivity contribution in [2.45, 2.75) is 61.0 Å². The first-order chi connectivity index (χ1) is 18.5. The third kappa shape index (κ3) is 5.69. The topological polar surface area (TPSA) is 78.7 Å². The van der Waals surface area contributed by atoms with Crippen LogP contribution in [0.15, 0.2) is 18.2 Å². The van der Waals surface area contributed by atoms with E-state index in [2.05, 4.69) is 9.47 Å². The minimum atomic E-state index is -8.75. The average Bonchev–Trinajstić information content (AvgIpc) is 2.82. The molecule has 242 valence electrons. The highest BCUT2D eigenvalue weighted by Gasteiger charge is 2.95. The predicted molar refractivity (Wildman–Crippen MR) is 99.8 cm³/mol. The van der Waals surface area contributed by atoms with Crippen LogP contribution in [-0.4, -0.2) is 71.7 Å². The molecule has 1 aromatic carbocycles. The van der Waals surface area contributed by atoms with Crippen LogP contribution >= 0.6 is 0 Å². The fraction of sp³-hybridized carbons (Fsp3) is 0.632. The maximum atomic E-state index is 14.0. The maximum Gasteiger partial charge on any atom is 0.460 e. The number of esters is 1. The molecule has 1 aromatic rings. The van der Waals surface area contributed by atoms with Gasteiger partial charge in [0, 0.05) is 6.07 Å². The van der Waals surface area contributed by atoms with Crippen molar-refractivity contribution in [1.29, 1.82) is 0 Å². The summed E-state index contributed by atoms with van der Waals surface area (Å²) in [7, 11) is 0. The Morgan fingerprint density at radius 2 is 1.17 bits per heavy atom. The van der Waals surface area contributed by atoms with Crippen LogP contribution in [0.25, 0.3) is 0 Å². The summed E-state index contributed by atoms with van der Waals surface area (Å²) < 4.78 is 235. The zero-order valence-corrected chi connectivity index (χ0v) is 19.8. The fourth-order valence-electron chi connectivity index (χ4n) is 2.77. The summed E-state index contributed by atoms with van der Waals surface area (Å²) >= 11 is 0. The molecule has 23 heteroatoms. The molecule has 0 aromatic heterocycles. The zero-order chi connectivity index (χ0) is 33.5. The molecule has 0 aliphatic carbocycles. The van der Waals surface area contributed by atoms with Gasteiger partial charge in [-0.15, -0.1) is 0 Å². The van der Waals surface area contributed by atoms with Gasteiger partial charge in [-0.3, -0.25) is 10.1 Å². The van der Waals surface area contributed by atoms with Crippen molar-refractivity contribution in [1.82, 2.24) is 0 Å². The highest BCUT2D eigenvalue weighted by atomic mass is 19.4. The number of ether oxygens (including phenoxy) is 2. The van der Waals surface area contributed by atoms with Crippen molar-refractivity contribution in [3.63, 3.8) is 0 Å². The summed E-state index contributed by atoms with van der Waals surface area (Å²) in [6, 6.07) is 1.50. The van der Waals surface area contributed by atoms with Crippen molar-refractivity contribution in [3.05, 3.63) is 33.9 Å². The van der Waals surface area contributed by atoms with Crippen LogP contribution in [0.5, 0.6) is 5.75 Å². The Balaban J connectivity index is 3.37. The van der Waals surface area contributed by atoms with Gasteiger partial charge in [-0.1, -0.05) is 0 Å². The first-order valence-corrected chi connectivity index (χ1v) is 10.3. The number of nitrogens with zero attached hydrogens (tertiary/aromatic N) is 1. The van der Waals surface area contributed by atoms with Crippen LogP contribution in [0.4, 0.5) is 80.3 Å². The number of carbonyl (C=O) groups excluding carboxylic acids is 1. The summed E-state index contributed by atoms with van der Waals surface area (Å²) in [4.78, 5) is 21.3. The zero-order valence-electron chi connectivity index (χ0n) is 19.8. The van der Waals surface area contributed by atoms with E-state index in [0.29, 0.717) is 18.2 Å². The molecule has 6 nitrogen and oxygen atoms in total. The molecule has 0 heterocycles. The quantitative estimate of drug-likeness (QED) is 0.0948. The molecule has 0 spiro atoms. The molecule has 0 amide bonds. The van der Waals surface area contributed by atoms with E-state index in [1.165, 1.54) is 6.92 Å². The van der Waals surface area contributed by atoms with E-state index >= 15 is 0 Å². The lowest BCUT2D eigenvalue weighted by Crippen LogP contribution is -2.74. The first kappa shape index (κ1) is 36.7. The van der Waals surface area contributed by atoms with Gasteiger partial charge in [0.1, 0.15) is 0 Å². The Hall–Kier alpha value is -3.30. The highest BCUT2D eigenvalue weighted by Crippen LogP contribution is 2.64. The normalized spacial score (nSPS) is 14.5. The lowest BCUT2D eigenvalue weighted by atomic mass is 9.88. The minimum absolute atomic E-state index is 0.244. The maximum absolute atomic E-state index is 14.0. The molecule has 0 saturated heterocycles. The van der Waals surface area contributed by atoms with Crippen LogP contribution in [-0.2, 0) is 4.74 Å². The number of alkyl halides is 17. The highest BCUT2D eigenvalue weighted by molar-refractivity contribution is 5.90. The summed E-state index contributed by atoms with van der Waals surface area (Å²) in [5.41, 5.74) is -1.84. The van der Waals surface area contributed by atoms with Crippen LogP contribution < -0.4 is 4.74 Å². The number of nitro benzene ring substituents is 1. The van der Waals surface area contributed by atoms with Crippen molar-refractivity contribution in [2.75, 3.05) is 13.2 Å². The van der Waals surface area contributed by atoms with Gasteiger partial charge in [0.2, 0.25) is 0 Å². The summed E-state index contributed by atoms with van der Waals surface area (Å²) in [6.07, 6.45) is -10.8. The number of hydrogen-bond acceptors (Lipinski definition) is 5. The van der Waals surface area contributed by atoms with Crippen LogP contribution in [0.3, 0.4) is 0 Å². The molecule has 0 radical (unpaired) electrons. The third-order valence-corrected chi connectivity index (χ3v) is 5.13. The van der Waals surface area contributed by atoms with Crippen LogP contribution in [0, 0.1) is 10.1 Å². The summed E-state index contributed by atoms with van der Waals surface area (Å²) in [5.74, 6) is -59.8. The molecule has 0 aliphatic heterocycles. The van der Waals surface area contributed by atoms with Gasteiger partial charge in [0.15, 0.2) is 5.75 Å². The van der Waals surface area contributed by atoms with Gasteiger partial charge in [0.05, 0.1) is 30.1 Å². The first-order valence-electron chi connectivity index (χ1n) is 10.3. The molecule has 0 unspecified atom stereocenters. The molecular weight excluding hydrogens is 645 g/mol. The predicted octanol–water partition coefficient (Wildman–Crippen LogP) is 7.55. The Bertz CT molecular complexity index is 1170. The van der Waals surface area contributed by atoms with Crippen molar-refractivity contribution < 1.29 is 93.8 Å². The van der Waals surface area contributed by atoms with E-state index in [4.69, 9.17) is 0 Å². The molecule has 1 rings (SSSR count). The van der Waals surface area contributed by atoms with Crippen molar-refractivity contribution in [3.8, 4) is 5.75 Å². The number of nitro groups is 1. The smallest absolute Gasteiger partial charge is 0.460 e. The Labute approximate surface area is 220 Å². The number of rotatable bonds is 13. The second kappa shape index (κ2) is 11.1. The van der Waals surface area contributed by atoms with Crippen molar-refractivity contribution in [2.24, 2.45) is 0 Å². The molecule has 0 saturated carbocycles. The Morgan fingerprint density at radius 1 is 0.738 bits per heavy atom. The lowest BCUT2D eigenvalue weighted by molar-refractivity contribution is -0.461. The molecule has 0 N–H and O–H groups in total. The fourth-order valence-corrected chi connectivity index (χ4v) is 2.77. The SMILES string of the molecule is CCOC(=O)c1ccc(OCCC(F)(F)C(F)(F)C(F)(F)C(F)(F)C(F)(F)C(F)(F)C(F)(F)C(F)(F)F)c([N+](=O)[O-])c1. The molecule has 0 bridgehead atoms. The number of benzene rings is 1. The number of hydrogen-bond donors (Lipinski definition) is 0. The van der Waals surface area contributed by atoms with Gasteiger partial charge < -0.3 is 9.47 Å². The van der Waals surface area contributed by atoms with E-state index < -0.39 is 88.6 Å². The van der Waals surface area contributed by atoms with Gasteiger partial charge in [-0.05, 0) is 19.1 Å². The number of carbonyl (C=O) groups is 1. The monoisotopic (exact) mass is 657 g/mol. The van der Waals surface area contributed by atoms with Gasteiger partial charge >= 0.3 is 59.3 Å². The van der Waals surface area contributed by atoms with Crippen LogP contribution in [0.2, 0.25) is 0 Å². The van der Waals surface area contributed by atoms with Gasteiger partial charge in [0.25, 0.3) is 0 Å². The molecule has 42 heavy (non-hydrogen) atoms. The third-order valence-electron chi connectivity index (χ3n) is 5.13. The Kier molecular flexibility index (Phi) is 9.69. The molecule has 0 atom stereocenters. The van der Waals surface area contributed by atoms with E-state index in [9.17, 15) is 89.5 Å². The average molecular weight is 657 g/mol. The van der Waals surface area contributed by atoms with Gasteiger partial charge in [-0.2, -0.15) is 74.6 Å². The van der Waals surface area contributed by atoms with E-state index in [1.54, 1.807) is 0 Å². The van der Waals surface area contributed by atoms with Gasteiger partial charge in [-0.25, -0.2) is 4.79 Å². The minimum Gasteiger partial charge on any atom is -0.487 e. The second-order valence-electron chi connectivity index (χ2n) is 7.91. The largest absolute Gasteiger partial charge is 0.487 e. The molecule has 0 fully saturated rings. The summed E-state index contributed by atoms with van der Waals surface area (Å²) in [5, 5.41) is 11.1. The summed E-state index contributed by atoms with van der Waals surface area (Å²) in [6.45, 7) is -1.03. The van der Waals surface area contributed by atoms with E-state index in [-0.39, 0.29) is 6.61 Å². The van der Waals surface area contributed by atoms with Crippen LogP contribution in [0.1, 0.15) is 23.7 Å². The standard InChI is InChI=1S/C19H12F17NO5/c1-2-41-11(38)8-3-4-10(9(7-8)37(39)40)42-6-5-12(20,21)13(22,23)14(24,25)15(26,27)16(28,29)17(30,31)18(32,33)19(34,35)36/h3-4,7H,2,5-6H2,1H3. The Morgan fingerprint density at radius 3 is 1.57 bits per heavy atom. The molecular formula is C19H12F17NO5. The second-order valence-corrected chi connectivity index (χ2v) is 7.91. The van der Waals surface area contributed by atoms with E-state index in [0.717, 1.165) is 0 Å². The van der Waals surface area contributed by atoms with E-state index in [1.807, 2.05) is 0 Å². The number of halogens is 17.